The molecule has 0 saturated carbocycles. The van der Waals surface area contributed by atoms with Crippen LogP contribution in [0.2, 0.25) is 5.02 Å². The first kappa shape index (κ1) is 21.1. The Morgan fingerprint density at radius 2 is 1.83 bits per heavy atom. The van der Waals surface area contributed by atoms with Crippen molar-refractivity contribution in [3.8, 4) is 22.8 Å². The van der Waals surface area contributed by atoms with Crippen LogP contribution in [-0.4, -0.2) is 64.8 Å². The van der Waals surface area contributed by atoms with Crippen molar-refractivity contribution in [3.63, 3.8) is 0 Å². The number of hydrogen-bond donors (Lipinski definition) is 0. The summed E-state index contributed by atoms with van der Waals surface area (Å²) in [6.07, 6.45) is 5.14. The molecule has 1 aliphatic rings. The summed E-state index contributed by atoms with van der Waals surface area (Å²) in [5, 5.41) is 0.512. The fraction of sp³-hybridized carbons (Fsp3) is 0.429. The summed E-state index contributed by atoms with van der Waals surface area (Å²) in [6, 6.07) is 5.64. The minimum absolute atomic E-state index is 0.512. The Morgan fingerprint density at radius 1 is 1.07 bits per heavy atom. The highest BCUT2D eigenvalue weighted by molar-refractivity contribution is 7.97. The number of benzene rings is 1. The number of imidazole rings is 1. The number of methoxy groups -OCH3 is 2. The highest BCUT2D eigenvalue weighted by atomic mass is 35.5. The molecular formula is C21H26ClN5O2S. The van der Waals surface area contributed by atoms with Crippen LogP contribution >= 0.6 is 23.5 Å². The Kier molecular flexibility index (Phi) is 6.55. The highest BCUT2D eigenvalue weighted by Gasteiger charge is 2.20. The fourth-order valence-corrected chi connectivity index (χ4v) is 4.60. The van der Waals surface area contributed by atoms with E-state index in [1.165, 1.54) is 12.2 Å². The number of anilines is 1. The first-order valence-corrected chi connectivity index (χ1v) is 11.4. The van der Waals surface area contributed by atoms with E-state index < -0.39 is 0 Å². The Hall–Kier alpha value is -2.16. The number of halogens is 1. The molecule has 0 unspecified atom stereocenters. The lowest BCUT2D eigenvalue weighted by Crippen LogP contribution is -2.44. The van der Waals surface area contributed by atoms with Gasteiger partial charge in [-0.2, -0.15) is 4.98 Å². The third kappa shape index (κ3) is 4.31. The Bertz CT molecular complexity index is 1020. The number of nitrogens with zero attached hydrogens (tertiary/aromatic N) is 5. The molecule has 3 aromatic rings. The number of piperazine rings is 1. The average molecular weight is 448 g/mol. The maximum Gasteiger partial charge on any atom is 0.236 e. The van der Waals surface area contributed by atoms with Crippen LogP contribution in [0.3, 0.4) is 0 Å². The summed E-state index contributed by atoms with van der Waals surface area (Å²) in [5.41, 5.74) is 1.55. The summed E-state index contributed by atoms with van der Waals surface area (Å²) in [7, 11) is 3.20. The molecule has 4 rings (SSSR count). The van der Waals surface area contributed by atoms with Gasteiger partial charge in [0.25, 0.3) is 0 Å². The van der Waals surface area contributed by atoms with Crippen molar-refractivity contribution in [1.82, 2.24) is 18.7 Å². The monoisotopic (exact) mass is 447 g/mol. The van der Waals surface area contributed by atoms with E-state index in [1.54, 1.807) is 20.3 Å². The molecule has 0 atom stereocenters. The molecule has 0 aliphatic carbocycles. The normalized spacial score (nSPS) is 15.0. The van der Waals surface area contributed by atoms with Crippen molar-refractivity contribution >= 4 is 35.1 Å². The SMILES string of the molecule is CCCSN1CCN(c2ccn3cc(-c4cc(Cl)c(OC)cc4OC)nc3n2)CC1. The molecule has 1 aliphatic heterocycles. The molecule has 2 aromatic heterocycles. The first-order valence-electron chi connectivity index (χ1n) is 10.0. The van der Waals surface area contributed by atoms with Gasteiger partial charge in [0.05, 0.1) is 24.9 Å². The van der Waals surface area contributed by atoms with Gasteiger partial charge in [0.15, 0.2) is 0 Å². The van der Waals surface area contributed by atoms with Gasteiger partial charge in [0.1, 0.15) is 17.3 Å². The molecule has 1 aromatic carbocycles. The van der Waals surface area contributed by atoms with Gasteiger partial charge in [0, 0.05) is 56.0 Å². The van der Waals surface area contributed by atoms with Crippen molar-refractivity contribution in [2.45, 2.75) is 13.3 Å². The predicted octanol–water partition coefficient (Wildman–Crippen LogP) is 4.25. The molecule has 0 N–H and O–H groups in total. The van der Waals surface area contributed by atoms with E-state index in [0.717, 1.165) is 43.3 Å². The number of hydrogen-bond acceptors (Lipinski definition) is 7. The second-order valence-electron chi connectivity index (χ2n) is 7.06. The summed E-state index contributed by atoms with van der Waals surface area (Å²) in [4.78, 5) is 11.8. The van der Waals surface area contributed by atoms with Gasteiger partial charge >= 0.3 is 0 Å². The maximum absolute atomic E-state index is 6.33. The zero-order valence-corrected chi connectivity index (χ0v) is 19.0. The van der Waals surface area contributed by atoms with Gasteiger partial charge in [-0.05, 0) is 18.6 Å². The van der Waals surface area contributed by atoms with Gasteiger partial charge < -0.3 is 14.4 Å². The largest absolute Gasteiger partial charge is 0.496 e. The van der Waals surface area contributed by atoms with Crippen molar-refractivity contribution in [2.24, 2.45) is 0 Å². The van der Waals surface area contributed by atoms with Crippen LogP contribution in [0, 0.1) is 0 Å². The van der Waals surface area contributed by atoms with Gasteiger partial charge in [-0.3, -0.25) is 4.40 Å². The van der Waals surface area contributed by atoms with Crippen molar-refractivity contribution in [2.75, 3.05) is 51.1 Å². The van der Waals surface area contributed by atoms with E-state index in [0.29, 0.717) is 22.3 Å². The molecule has 0 radical (unpaired) electrons. The Morgan fingerprint density at radius 3 is 2.53 bits per heavy atom. The van der Waals surface area contributed by atoms with E-state index >= 15 is 0 Å². The molecule has 0 spiro atoms. The van der Waals surface area contributed by atoms with Gasteiger partial charge in [-0.25, -0.2) is 9.29 Å². The highest BCUT2D eigenvalue weighted by Crippen LogP contribution is 2.38. The topological polar surface area (TPSA) is 55.1 Å². The van der Waals surface area contributed by atoms with Crippen LogP contribution in [0.5, 0.6) is 11.5 Å². The average Bonchev–Trinajstić information content (AvgIpc) is 3.21. The lowest BCUT2D eigenvalue weighted by molar-refractivity contribution is 0.395. The molecule has 9 heteroatoms. The van der Waals surface area contributed by atoms with Gasteiger partial charge in [-0.15, -0.1) is 0 Å². The lowest BCUT2D eigenvalue weighted by Gasteiger charge is -2.34. The second kappa shape index (κ2) is 9.32. The molecule has 1 saturated heterocycles. The smallest absolute Gasteiger partial charge is 0.236 e. The zero-order valence-electron chi connectivity index (χ0n) is 17.5. The summed E-state index contributed by atoms with van der Waals surface area (Å²) >= 11 is 8.28. The van der Waals surface area contributed by atoms with Crippen LogP contribution in [0.15, 0.2) is 30.6 Å². The van der Waals surface area contributed by atoms with Crippen LogP contribution < -0.4 is 14.4 Å². The second-order valence-corrected chi connectivity index (χ2v) is 8.65. The van der Waals surface area contributed by atoms with E-state index in [2.05, 4.69) is 16.1 Å². The quantitative estimate of drug-likeness (QED) is 0.502. The van der Waals surface area contributed by atoms with Crippen LogP contribution in [-0.2, 0) is 0 Å². The number of rotatable bonds is 7. The Balaban J connectivity index is 1.57. The molecule has 7 nitrogen and oxygen atoms in total. The zero-order chi connectivity index (χ0) is 21.1. The Labute approximate surface area is 186 Å². The third-order valence-electron chi connectivity index (χ3n) is 5.10. The fourth-order valence-electron chi connectivity index (χ4n) is 3.50. The molecule has 160 valence electrons. The molecule has 0 amide bonds. The summed E-state index contributed by atoms with van der Waals surface area (Å²) in [6.45, 7) is 6.24. The van der Waals surface area contributed by atoms with E-state index in [1.807, 2.05) is 40.9 Å². The summed E-state index contributed by atoms with van der Waals surface area (Å²) < 4.78 is 15.2. The number of fused-ring (bicyclic) bond motifs is 1. The van der Waals surface area contributed by atoms with Crippen molar-refractivity contribution in [1.29, 1.82) is 0 Å². The van der Waals surface area contributed by atoms with Crippen LogP contribution in [0.25, 0.3) is 17.0 Å². The van der Waals surface area contributed by atoms with E-state index in [9.17, 15) is 0 Å². The lowest BCUT2D eigenvalue weighted by atomic mass is 10.1. The third-order valence-corrected chi connectivity index (χ3v) is 6.72. The number of aromatic nitrogens is 3. The predicted molar refractivity (Wildman–Crippen MR) is 123 cm³/mol. The van der Waals surface area contributed by atoms with Gasteiger partial charge in [-0.1, -0.05) is 30.5 Å². The minimum atomic E-state index is 0.512. The van der Waals surface area contributed by atoms with Gasteiger partial charge in [0.2, 0.25) is 5.78 Å². The molecule has 3 heterocycles. The molecular weight excluding hydrogens is 422 g/mol. The van der Waals surface area contributed by atoms with E-state index in [4.69, 9.17) is 31.0 Å². The van der Waals surface area contributed by atoms with Crippen molar-refractivity contribution in [3.05, 3.63) is 35.6 Å². The van der Waals surface area contributed by atoms with E-state index in [-0.39, 0.29) is 0 Å². The first-order chi connectivity index (χ1) is 14.6. The van der Waals surface area contributed by atoms with Crippen molar-refractivity contribution < 1.29 is 9.47 Å². The van der Waals surface area contributed by atoms with Crippen LogP contribution in [0.1, 0.15) is 13.3 Å². The molecule has 0 bridgehead atoms. The number of ether oxygens (including phenoxy) is 2. The van der Waals surface area contributed by atoms with Crippen LogP contribution in [0.4, 0.5) is 5.82 Å². The molecule has 1 fully saturated rings. The molecule has 30 heavy (non-hydrogen) atoms. The minimum Gasteiger partial charge on any atom is -0.496 e. The maximum atomic E-state index is 6.33. The standard InChI is InChI=1S/C21H26ClN5O2S/c1-4-11-30-27-9-7-25(8-10-27)20-5-6-26-14-17(23-21(26)24-20)15-12-16(22)19(29-3)13-18(15)28-2/h5-6,12-14H,4,7-11H2,1-3H3. The summed E-state index contributed by atoms with van der Waals surface area (Å²) in [5.74, 6) is 4.01.